The number of halogens is 3. The molecule has 6 heteroatoms. The molecule has 20 heavy (non-hydrogen) atoms. The summed E-state index contributed by atoms with van der Waals surface area (Å²) in [4.78, 5) is 0. The van der Waals surface area contributed by atoms with E-state index in [0.29, 0.717) is 5.69 Å². The van der Waals surface area contributed by atoms with Crippen LogP contribution in [-0.4, -0.2) is 0 Å². The van der Waals surface area contributed by atoms with Gasteiger partial charge in [0.1, 0.15) is 11.5 Å². The normalized spacial score (nSPS) is 10.9. The highest BCUT2D eigenvalue weighted by Crippen LogP contribution is 2.36. The quantitative estimate of drug-likeness (QED) is 0.846. The molecule has 0 aliphatic carbocycles. The Morgan fingerprint density at radius 2 is 1.80 bits per heavy atom. The fourth-order valence-electron chi connectivity index (χ4n) is 1.62. The maximum absolute atomic E-state index is 12.8. The monoisotopic (exact) mass is 278 g/mol. The summed E-state index contributed by atoms with van der Waals surface area (Å²) in [6, 6.07) is 11.1. The molecule has 0 heterocycles. The van der Waals surface area contributed by atoms with Crippen molar-refractivity contribution >= 4 is 5.69 Å². The number of alkyl halides is 3. The smallest absolute Gasteiger partial charge is 0.417 e. The van der Waals surface area contributed by atoms with Crippen LogP contribution in [0.15, 0.2) is 42.5 Å². The Morgan fingerprint density at radius 3 is 2.40 bits per heavy atom. The molecule has 0 aromatic heterocycles. The first-order valence-electron chi connectivity index (χ1n) is 5.55. The maximum atomic E-state index is 12.8. The number of hydrogen-bond acceptors (Lipinski definition) is 3. The van der Waals surface area contributed by atoms with Crippen molar-refractivity contribution in [2.75, 3.05) is 5.73 Å². The third kappa shape index (κ3) is 2.83. The first-order chi connectivity index (χ1) is 9.41. The number of para-hydroxylation sites is 2. The zero-order valence-electron chi connectivity index (χ0n) is 10.1. The summed E-state index contributed by atoms with van der Waals surface area (Å²) >= 11 is 0. The van der Waals surface area contributed by atoms with E-state index in [1.807, 2.05) is 0 Å². The van der Waals surface area contributed by atoms with Crippen molar-refractivity contribution in [3.8, 4) is 17.6 Å². The molecule has 3 nitrogen and oxygen atoms in total. The van der Waals surface area contributed by atoms with Gasteiger partial charge in [-0.3, -0.25) is 0 Å². The van der Waals surface area contributed by atoms with Crippen LogP contribution in [0.3, 0.4) is 0 Å². The third-order valence-electron chi connectivity index (χ3n) is 2.56. The number of hydrogen-bond donors (Lipinski definition) is 1. The van der Waals surface area contributed by atoms with E-state index >= 15 is 0 Å². The summed E-state index contributed by atoms with van der Waals surface area (Å²) in [5, 5.41) is 8.70. The SMILES string of the molecule is N#Cc1ccc(Oc2ccccc2N)cc1C(F)(F)F. The summed E-state index contributed by atoms with van der Waals surface area (Å²) < 4.78 is 43.7. The van der Waals surface area contributed by atoms with E-state index in [4.69, 9.17) is 15.7 Å². The topological polar surface area (TPSA) is 59.0 Å². The minimum absolute atomic E-state index is 0.0331. The summed E-state index contributed by atoms with van der Waals surface area (Å²) in [7, 11) is 0. The van der Waals surface area contributed by atoms with Gasteiger partial charge in [-0.05, 0) is 30.3 Å². The summed E-state index contributed by atoms with van der Waals surface area (Å²) in [5.41, 5.74) is 4.47. The van der Waals surface area contributed by atoms with Crippen molar-refractivity contribution in [1.29, 1.82) is 5.26 Å². The Bertz CT molecular complexity index is 675. The largest absolute Gasteiger partial charge is 0.455 e. The molecular formula is C14H9F3N2O. The van der Waals surface area contributed by atoms with E-state index in [1.165, 1.54) is 12.1 Å². The molecule has 0 spiro atoms. The average molecular weight is 278 g/mol. The molecule has 0 bridgehead atoms. The molecule has 0 saturated carbocycles. The molecule has 2 rings (SSSR count). The van der Waals surface area contributed by atoms with Crippen molar-refractivity contribution < 1.29 is 17.9 Å². The summed E-state index contributed by atoms with van der Waals surface area (Å²) in [5.74, 6) is 0.222. The van der Waals surface area contributed by atoms with Gasteiger partial charge in [0.2, 0.25) is 0 Å². The molecule has 0 aliphatic heterocycles. The molecule has 2 aromatic rings. The Kier molecular flexibility index (Phi) is 3.53. The molecular weight excluding hydrogens is 269 g/mol. The lowest BCUT2D eigenvalue weighted by Gasteiger charge is -2.12. The third-order valence-corrected chi connectivity index (χ3v) is 2.56. The van der Waals surface area contributed by atoms with Gasteiger partial charge in [-0.1, -0.05) is 12.1 Å². The number of benzene rings is 2. The standard InChI is InChI=1S/C14H9F3N2O/c15-14(16,17)11-7-10(6-5-9(11)8-18)20-13-4-2-1-3-12(13)19/h1-7H,19H2. The van der Waals surface area contributed by atoms with Crippen LogP contribution in [-0.2, 0) is 6.18 Å². The minimum Gasteiger partial charge on any atom is -0.455 e. The lowest BCUT2D eigenvalue weighted by atomic mass is 10.1. The van der Waals surface area contributed by atoms with Crippen LogP contribution in [0.5, 0.6) is 11.5 Å². The van der Waals surface area contributed by atoms with Crippen LogP contribution in [0, 0.1) is 11.3 Å². The number of nitrogens with two attached hydrogens (primary N) is 1. The van der Waals surface area contributed by atoms with E-state index in [-0.39, 0.29) is 11.5 Å². The highest BCUT2D eigenvalue weighted by Gasteiger charge is 2.34. The highest BCUT2D eigenvalue weighted by atomic mass is 19.4. The van der Waals surface area contributed by atoms with Gasteiger partial charge >= 0.3 is 6.18 Å². The summed E-state index contributed by atoms with van der Waals surface area (Å²) in [6.45, 7) is 0. The molecule has 0 saturated heterocycles. The molecule has 2 N–H and O–H groups in total. The number of nitrogens with zero attached hydrogens (tertiary/aromatic N) is 1. The van der Waals surface area contributed by atoms with Crippen LogP contribution in [0.1, 0.15) is 11.1 Å². The first kappa shape index (κ1) is 13.7. The van der Waals surface area contributed by atoms with Crippen molar-refractivity contribution in [2.45, 2.75) is 6.18 Å². The number of rotatable bonds is 2. The van der Waals surface area contributed by atoms with Gasteiger partial charge in [-0.15, -0.1) is 0 Å². The van der Waals surface area contributed by atoms with Crippen LogP contribution in [0.2, 0.25) is 0 Å². The molecule has 0 atom stereocenters. The van der Waals surface area contributed by atoms with E-state index in [2.05, 4.69) is 0 Å². The van der Waals surface area contributed by atoms with E-state index in [1.54, 1.807) is 24.3 Å². The van der Waals surface area contributed by atoms with Crippen molar-refractivity contribution in [2.24, 2.45) is 0 Å². The van der Waals surface area contributed by atoms with Crippen LogP contribution < -0.4 is 10.5 Å². The number of nitrogen functional groups attached to an aromatic ring is 1. The van der Waals surface area contributed by atoms with Crippen LogP contribution in [0.4, 0.5) is 18.9 Å². The Morgan fingerprint density at radius 1 is 1.10 bits per heavy atom. The lowest BCUT2D eigenvalue weighted by molar-refractivity contribution is -0.137. The Hall–Kier alpha value is -2.68. The first-order valence-corrected chi connectivity index (χ1v) is 5.55. The van der Waals surface area contributed by atoms with Gasteiger partial charge < -0.3 is 10.5 Å². The predicted molar refractivity (Wildman–Crippen MR) is 67.1 cm³/mol. The van der Waals surface area contributed by atoms with Crippen LogP contribution in [0.25, 0.3) is 0 Å². The van der Waals surface area contributed by atoms with Gasteiger partial charge in [0.25, 0.3) is 0 Å². The molecule has 0 unspecified atom stereocenters. The number of ether oxygens (including phenoxy) is 1. The van der Waals surface area contributed by atoms with E-state index in [0.717, 1.165) is 12.1 Å². The van der Waals surface area contributed by atoms with Gasteiger partial charge in [0.15, 0.2) is 0 Å². The van der Waals surface area contributed by atoms with Gasteiger partial charge in [-0.2, -0.15) is 18.4 Å². The molecule has 2 aromatic carbocycles. The zero-order chi connectivity index (χ0) is 14.8. The van der Waals surface area contributed by atoms with E-state index < -0.39 is 17.3 Å². The maximum Gasteiger partial charge on any atom is 0.417 e. The van der Waals surface area contributed by atoms with Gasteiger partial charge in [-0.25, -0.2) is 0 Å². The van der Waals surface area contributed by atoms with Crippen LogP contribution >= 0.6 is 0 Å². The molecule has 0 fully saturated rings. The molecule has 0 amide bonds. The van der Waals surface area contributed by atoms with Gasteiger partial charge in [0.05, 0.1) is 22.9 Å². The number of nitriles is 1. The average Bonchev–Trinajstić information content (AvgIpc) is 2.40. The van der Waals surface area contributed by atoms with Crippen molar-refractivity contribution in [3.05, 3.63) is 53.6 Å². The second kappa shape index (κ2) is 5.13. The van der Waals surface area contributed by atoms with E-state index in [9.17, 15) is 13.2 Å². The van der Waals surface area contributed by atoms with Crippen molar-refractivity contribution in [3.63, 3.8) is 0 Å². The predicted octanol–water partition coefficient (Wildman–Crippen LogP) is 3.95. The Labute approximate surface area is 113 Å². The zero-order valence-corrected chi connectivity index (χ0v) is 10.1. The minimum atomic E-state index is -4.62. The lowest BCUT2D eigenvalue weighted by Crippen LogP contribution is -2.08. The second-order valence-electron chi connectivity index (χ2n) is 3.96. The fourth-order valence-corrected chi connectivity index (χ4v) is 1.62. The van der Waals surface area contributed by atoms with Crippen molar-refractivity contribution in [1.82, 2.24) is 0 Å². The summed E-state index contributed by atoms with van der Waals surface area (Å²) in [6.07, 6.45) is -4.62. The highest BCUT2D eigenvalue weighted by molar-refractivity contribution is 5.54. The fraction of sp³-hybridized carbons (Fsp3) is 0.0714. The Balaban J connectivity index is 2.40. The molecule has 0 aliphatic rings. The molecule has 102 valence electrons. The number of anilines is 1. The molecule has 0 radical (unpaired) electrons. The van der Waals surface area contributed by atoms with Gasteiger partial charge in [0, 0.05) is 0 Å². The second-order valence-corrected chi connectivity index (χ2v) is 3.96.